The molecule has 0 bridgehead atoms. The SMILES string of the molecule is Cc1ccc(OCC(=O)Nc2ccc3c(=O)c4cc(C)c(C)cc4oc3c2)cc1C. The van der Waals surface area contributed by atoms with Gasteiger partial charge in [-0.2, -0.15) is 0 Å². The average molecular weight is 401 g/mol. The molecular weight excluding hydrogens is 378 g/mol. The molecule has 3 aromatic carbocycles. The normalized spacial score (nSPS) is 11.1. The van der Waals surface area contributed by atoms with Gasteiger partial charge in [0.1, 0.15) is 16.9 Å². The summed E-state index contributed by atoms with van der Waals surface area (Å²) >= 11 is 0. The maximum absolute atomic E-state index is 12.8. The lowest BCUT2D eigenvalue weighted by Gasteiger charge is -2.10. The van der Waals surface area contributed by atoms with E-state index in [-0.39, 0.29) is 17.9 Å². The molecule has 0 aliphatic rings. The molecule has 0 aliphatic carbocycles. The first-order chi connectivity index (χ1) is 14.3. The topological polar surface area (TPSA) is 68.5 Å². The van der Waals surface area contributed by atoms with E-state index >= 15 is 0 Å². The van der Waals surface area contributed by atoms with E-state index in [2.05, 4.69) is 5.32 Å². The van der Waals surface area contributed by atoms with E-state index < -0.39 is 0 Å². The number of rotatable bonds is 4. The van der Waals surface area contributed by atoms with Crippen LogP contribution >= 0.6 is 0 Å². The van der Waals surface area contributed by atoms with Gasteiger partial charge in [0.15, 0.2) is 6.61 Å². The standard InChI is InChI=1S/C25H23NO4/c1-14-5-7-19(9-15(14)2)29-13-24(27)26-18-6-8-20-23(12-18)30-22-11-17(4)16(3)10-21(22)25(20)28/h5-12H,13H2,1-4H3,(H,26,27). The van der Waals surface area contributed by atoms with Crippen LogP contribution in [0, 0.1) is 27.7 Å². The Bertz CT molecular complexity index is 1350. The van der Waals surface area contributed by atoms with Crippen LogP contribution in [0.15, 0.2) is 57.7 Å². The molecule has 1 amide bonds. The first kappa shape index (κ1) is 19.7. The third-order valence-electron chi connectivity index (χ3n) is 5.42. The zero-order valence-corrected chi connectivity index (χ0v) is 17.5. The van der Waals surface area contributed by atoms with E-state index in [0.29, 0.717) is 33.4 Å². The summed E-state index contributed by atoms with van der Waals surface area (Å²) in [4.78, 5) is 25.1. The van der Waals surface area contributed by atoms with Crippen LogP contribution in [0.25, 0.3) is 21.9 Å². The highest BCUT2D eigenvalue weighted by Gasteiger charge is 2.11. The lowest BCUT2D eigenvalue weighted by Crippen LogP contribution is -2.20. The monoisotopic (exact) mass is 401 g/mol. The van der Waals surface area contributed by atoms with Crippen molar-refractivity contribution >= 4 is 33.5 Å². The van der Waals surface area contributed by atoms with E-state index in [1.54, 1.807) is 18.2 Å². The molecule has 1 heterocycles. The maximum atomic E-state index is 12.8. The first-order valence-corrected chi connectivity index (χ1v) is 9.79. The molecule has 0 unspecified atom stereocenters. The number of hydrogen-bond acceptors (Lipinski definition) is 4. The lowest BCUT2D eigenvalue weighted by atomic mass is 10.1. The summed E-state index contributed by atoms with van der Waals surface area (Å²) in [5.74, 6) is 0.358. The predicted octanol–water partition coefficient (Wildman–Crippen LogP) is 5.20. The van der Waals surface area contributed by atoms with Crippen LogP contribution < -0.4 is 15.5 Å². The van der Waals surface area contributed by atoms with Crippen LogP contribution in [0.2, 0.25) is 0 Å². The van der Waals surface area contributed by atoms with Gasteiger partial charge >= 0.3 is 0 Å². The zero-order chi connectivity index (χ0) is 21.4. The third kappa shape index (κ3) is 3.79. The van der Waals surface area contributed by atoms with Crippen LogP contribution in [0.1, 0.15) is 22.3 Å². The minimum atomic E-state index is -0.290. The molecule has 0 fully saturated rings. The maximum Gasteiger partial charge on any atom is 0.262 e. The summed E-state index contributed by atoms with van der Waals surface area (Å²) in [6, 6.07) is 14.5. The second kappa shape index (κ2) is 7.67. The third-order valence-corrected chi connectivity index (χ3v) is 5.42. The summed E-state index contributed by atoms with van der Waals surface area (Å²) < 4.78 is 11.5. The Morgan fingerprint density at radius 3 is 2.30 bits per heavy atom. The number of carbonyl (C=O) groups excluding carboxylic acids is 1. The van der Waals surface area contributed by atoms with Crippen molar-refractivity contribution in [2.75, 3.05) is 11.9 Å². The Hall–Kier alpha value is -3.60. The Kier molecular flexibility index (Phi) is 5.04. The number of fused-ring (bicyclic) bond motifs is 2. The molecular formula is C25H23NO4. The van der Waals surface area contributed by atoms with Crippen molar-refractivity contribution in [3.8, 4) is 5.75 Å². The van der Waals surface area contributed by atoms with Gasteiger partial charge in [0.2, 0.25) is 5.43 Å². The van der Waals surface area contributed by atoms with Gasteiger partial charge in [-0.25, -0.2) is 0 Å². The predicted molar refractivity (Wildman–Crippen MR) is 120 cm³/mol. The molecule has 0 spiro atoms. The number of amides is 1. The van der Waals surface area contributed by atoms with Crippen molar-refractivity contribution in [1.82, 2.24) is 0 Å². The Labute approximate surface area is 174 Å². The highest BCUT2D eigenvalue weighted by Crippen LogP contribution is 2.24. The number of benzene rings is 3. The minimum Gasteiger partial charge on any atom is -0.484 e. The number of hydrogen-bond donors (Lipinski definition) is 1. The fourth-order valence-corrected chi connectivity index (χ4v) is 3.34. The quantitative estimate of drug-likeness (QED) is 0.478. The molecule has 1 aromatic heterocycles. The van der Waals surface area contributed by atoms with Crippen molar-refractivity contribution in [2.45, 2.75) is 27.7 Å². The van der Waals surface area contributed by atoms with Gasteiger partial charge in [0.25, 0.3) is 5.91 Å². The lowest BCUT2D eigenvalue weighted by molar-refractivity contribution is -0.118. The summed E-state index contributed by atoms with van der Waals surface area (Å²) in [7, 11) is 0. The second-order valence-electron chi connectivity index (χ2n) is 7.66. The van der Waals surface area contributed by atoms with Crippen LogP contribution in [-0.4, -0.2) is 12.5 Å². The van der Waals surface area contributed by atoms with Gasteiger partial charge in [-0.05, 0) is 86.3 Å². The fraction of sp³-hybridized carbons (Fsp3) is 0.200. The van der Waals surface area contributed by atoms with Crippen molar-refractivity contribution in [1.29, 1.82) is 0 Å². The largest absolute Gasteiger partial charge is 0.484 e. The smallest absolute Gasteiger partial charge is 0.262 e. The molecule has 4 rings (SSSR count). The van der Waals surface area contributed by atoms with Crippen LogP contribution in [0.4, 0.5) is 5.69 Å². The minimum absolute atomic E-state index is 0.0784. The van der Waals surface area contributed by atoms with Crippen molar-refractivity contribution in [2.24, 2.45) is 0 Å². The fourth-order valence-electron chi connectivity index (χ4n) is 3.34. The molecule has 4 aromatic rings. The second-order valence-corrected chi connectivity index (χ2v) is 7.66. The van der Waals surface area contributed by atoms with Gasteiger partial charge in [-0.1, -0.05) is 6.07 Å². The van der Waals surface area contributed by atoms with Gasteiger partial charge in [-0.3, -0.25) is 9.59 Å². The van der Waals surface area contributed by atoms with E-state index in [9.17, 15) is 9.59 Å². The van der Waals surface area contributed by atoms with E-state index in [4.69, 9.17) is 9.15 Å². The summed E-state index contributed by atoms with van der Waals surface area (Å²) in [5, 5.41) is 3.83. The highest BCUT2D eigenvalue weighted by molar-refractivity contribution is 5.96. The van der Waals surface area contributed by atoms with E-state index in [1.165, 1.54) is 5.56 Å². The molecule has 0 aliphatic heterocycles. The number of carbonyl (C=O) groups is 1. The van der Waals surface area contributed by atoms with Crippen LogP contribution in [0.3, 0.4) is 0 Å². The summed E-state index contributed by atoms with van der Waals surface area (Å²) in [6.07, 6.45) is 0. The van der Waals surface area contributed by atoms with Gasteiger partial charge in [0, 0.05) is 11.8 Å². The van der Waals surface area contributed by atoms with Crippen LogP contribution in [-0.2, 0) is 4.79 Å². The first-order valence-electron chi connectivity index (χ1n) is 9.79. The number of ether oxygens (including phenoxy) is 1. The zero-order valence-electron chi connectivity index (χ0n) is 17.5. The molecule has 152 valence electrons. The van der Waals surface area contributed by atoms with E-state index in [0.717, 1.165) is 16.7 Å². The summed E-state index contributed by atoms with van der Waals surface area (Å²) in [6.45, 7) is 7.86. The van der Waals surface area contributed by atoms with Gasteiger partial charge < -0.3 is 14.5 Å². The molecule has 0 saturated carbocycles. The van der Waals surface area contributed by atoms with Crippen LogP contribution in [0.5, 0.6) is 5.75 Å². The van der Waals surface area contributed by atoms with E-state index in [1.807, 2.05) is 58.0 Å². The Morgan fingerprint density at radius 1 is 0.833 bits per heavy atom. The number of aryl methyl sites for hydroxylation is 4. The molecule has 5 nitrogen and oxygen atoms in total. The molecule has 1 N–H and O–H groups in total. The van der Waals surface area contributed by atoms with Crippen molar-refractivity contribution in [3.63, 3.8) is 0 Å². The Balaban J connectivity index is 1.56. The number of anilines is 1. The summed E-state index contributed by atoms with van der Waals surface area (Å²) in [5.41, 5.74) is 5.81. The van der Waals surface area contributed by atoms with Crippen molar-refractivity contribution in [3.05, 3.63) is 81.0 Å². The molecule has 0 atom stereocenters. The van der Waals surface area contributed by atoms with Crippen molar-refractivity contribution < 1.29 is 13.9 Å². The molecule has 30 heavy (non-hydrogen) atoms. The Morgan fingerprint density at radius 2 is 1.53 bits per heavy atom. The molecule has 5 heteroatoms. The highest BCUT2D eigenvalue weighted by atomic mass is 16.5. The molecule has 0 radical (unpaired) electrons. The van der Waals surface area contributed by atoms with Gasteiger partial charge in [-0.15, -0.1) is 0 Å². The molecule has 0 saturated heterocycles. The average Bonchev–Trinajstić information content (AvgIpc) is 2.70. The van der Waals surface area contributed by atoms with Gasteiger partial charge in [0.05, 0.1) is 10.8 Å². The number of nitrogens with one attached hydrogen (secondary N) is 1.